The SMILES string of the molecule is CC(C)CCC[C@H](C)CCC[C@H](C)CCC[C@@](C)(O)C#N. The molecule has 21 heavy (non-hydrogen) atoms. The summed E-state index contributed by atoms with van der Waals surface area (Å²) in [6, 6.07) is 1.96. The van der Waals surface area contributed by atoms with Crippen LogP contribution in [0.2, 0.25) is 0 Å². The van der Waals surface area contributed by atoms with Gasteiger partial charge in [0, 0.05) is 0 Å². The highest BCUT2D eigenvalue weighted by Crippen LogP contribution is 2.22. The van der Waals surface area contributed by atoms with Crippen LogP contribution in [0.15, 0.2) is 0 Å². The van der Waals surface area contributed by atoms with Gasteiger partial charge in [0.05, 0.1) is 6.07 Å². The zero-order valence-electron chi connectivity index (χ0n) is 15.0. The molecule has 3 atom stereocenters. The minimum atomic E-state index is -1.13. The maximum atomic E-state index is 9.65. The lowest BCUT2D eigenvalue weighted by atomic mass is 9.90. The number of hydrogen-bond acceptors (Lipinski definition) is 2. The number of aliphatic hydroxyl groups is 1. The van der Waals surface area contributed by atoms with Crippen molar-refractivity contribution in [3.63, 3.8) is 0 Å². The minimum Gasteiger partial charge on any atom is -0.376 e. The number of hydrogen-bond donors (Lipinski definition) is 1. The van der Waals surface area contributed by atoms with Crippen LogP contribution in [-0.2, 0) is 0 Å². The monoisotopic (exact) mass is 295 g/mol. The fourth-order valence-corrected chi connectivity index (χ4v) is 2.83. The van der Waals surface area contributed by atoms with Gasteiger partial charge in [0.1, 0.15) is 5.60 Å². The number of nitriles is 1. The van der Waals surface area contributed by atoms with Crippen molar-refractivity contribution in [2.24, 2.45) is 17.8 Å². The molecule has 0 fully saturated rings. The molecule has 0 aromatic rings. The van der Waals surface area contributed by atoms with Gasteiger partial charge in [-0.1, -0.05) is 72.6 Å². The lowest BCUT2D eigenvalue weighted by Crippen LogP contribution is -2.20. The molecule has 0 aromatic heterocycles. The third-order valence-electron chi connectivity index (χ3n) is 4.47. The Hall–Kier alpha value is -0.550. The molecule has 1 N–H and O–H groups in total. The van der Waals surface area contributed by atoms with Crippen LogP contribution in [0.5, 0.6) is 0 Å². The summed E-state index contributed by atoms with van der Waals surface area (Å²) in [7, 11) is 0. The van der Waals surface area contributed by atoms with Crippen LogP contribution >= 0.6 is 0 Å². The van der Waals surface area contributed by atoms with Crippen molar-refractivity contribution in [3.05, 3.63) is 0 Å². The standard InChI is InChI=1S/C19H37NO/c1-16(2)9-6-10-17(3)11-7-12-18(4)13-8-14-19(5,21)15-20/h16-18,21H,6-14H2,1-5H3/t17-,18-,19+/m0/s1. The maximum Gasteiger partial charge on any atom is 0.148 e. The van der Waals surface area contributed by atoms with Gasteiger partial charge < -0.3 is 5.11 Å². The summed E-state index contributed by atoms with van der Waals surface area (Å²) in [6.45, 7) is 10.9. The van der Waals surface area contributed by atoms with Crippen LogP contribution in [0.3, 0.4) is 0 Å². The van der Waals surface area contributed by atoms with Gasteiger partial charge in [-0.05, 0) is 37.5 Å². The fourth-order valence-electron chi connectivity index (χ4n) is 2.83. The van der Waals surface area contributed by atoms with Crippen LogP contribution in [0, 0.1) is 29.1 Å². The highest BCUT2D eigenvalue weighted by molar-refractivity contribution is 4.95. The molecule has 0 amide bonds. The van der Waals surface area contributed by atoms with E-state index in [0.29, 0.717) is 12.3 Å². The average molecular weight is 296 g/mol. The molecule has 0 spiro atoms. The largest absolute Gasteiger partial charge is 0.376 e. The Kier molecular flexibility index (Phi) is 10.8. The Balaban J connectivity index is 3.57. The van der Waals surface area contributed by atoms with E-state index in [-0.39, 0.29) is 0 Å². The highest BCUT2D eigenvalue weighted by Gasteiger charge is 2.18. The van der Waals surface area contributed by atoms with Crippen LogP contribution < -0.4 is 0 Å². The summed E-state index contributed by atoms with van der Waals surface area (Å²) in [5.41, 5.74) is -1.13. The van der Waals surface area contributed by atoms with Gasteiger partial charge in [0.25, 0.3) is 0 Å². The first-order valence-electron chi connectivity index (χ1n) is 8.90. The van der Waals surface area contributed by atoms with E-state index >= 15 is 0 Å². The average Bonchev–Trinajstić information content (AvgIpc) is 2.38. The second-order valence-electron chi connectivity index (χ2n) is 7.74. The quantitative estimate of drug-likeness (QED) is 0.469. The van der Waals surface area contributed by atoms with Crippen molar-refractivity contribution in [1.29, 1.82) is 5.26 Å². The van der Waals surface area contributed by atoms with Gasteiger partial charge in [-0.25, -0.2) is 0 Å². The van der Waals surface area contributed by atoms with Crippen LogP contribution in [0.4, 0.5) is 0 Å². The Morgan fingerprint density at radius 1 is 0.857 bits per heavy atom. The van der Waals surface area contributed by atoms with Gasteiger partial charge in [-0.3, -0.25) is 0 Å². The van der Waals surface area contributed by atoms with E-state index in [0.717, 1.165) is 24.7 Å². The predicted molar refractivity (Wildman–Crippen MR) is 91.0 cm³/mol. The second-order valence-corrected chi connectivity index (χ2v) is 7.74. The lowest BCUT2D eigenvalue weighted by Gasteiger charge is -2.17. The van der Waals surface area contributed by atoms with Crippen LogP contribution in [0.25, 0.3) is 0 Å². The van der Waals surface area contributed by atoms with E-state index in [2.05, 4.69) is 27.7 Å². The van der Waals surface area contributed by atoms with E-state index in [1.165, 1.54) is 38.5 Å². The molecule has 2 nitrogen and oxygen atoms in total. The summed E-state index contributed by atoms with van der Waals surface area (Å²) in [6.07, 6.45) is 10.7. The lowest BCUT2D eigenvalue weighted by molar-refractivity contribution is 0.105. The molecule has 0 aromatic carbocycles. The molecular weight excluding hydrogens is 258 g/mol. The first-order valence-corrected chi connectivity index (χ1v) is 8.90. The van der Waals surface area contributed by atoms with Crippen LogP contribution in [0.1, 0.15) is 92.4 Å². The van der Waals surface area contributed by atoms with E-state index in [1.807, 2.05) is 6.07 Å². The Morgan fingerprint density at radius 3 is 1.71 bits per heavy atom. The molecule has 0 heterocycles. The van der Waals surface area contributed by atoms with E-state index < -0.39 is 5.60 Å². The molecule has 0 aliphatic heterocycles. The topological polar surface area (TPSA) is 44.0 Å². The molecule has 0 aliphatic rings. The third kappa shape index (κ3) is 12.9. The molecule has 0 rings (SSSR count). The molecule has 0 aliphatic carbocycles. The van der Waals surface area contributed by atoms with Gasteiger partial charge in [0.15, 0.2) is 0 Å². The first-order chi connectivity index (χ1) is 9.76. The van der Waals surface area contributed by atoms with E-state index in [1.54, 1.807) is 6.92 Å². The fraction of sp³-hybridized carbons (Fsp3) is 0.947. The van der Waals surface area contributed by atoms with Crippen LogP contribution in [-0.4, -0.2) is 10.7 Å². The zero-order chi connectivity index (χ0) is 16.3. The Morgan fingerprint density at radius 2 is 1.29 bits per heavy atom. The van der Waals surface area contributed by atoms with Gasteiger partial charge in [0.2, 0.25) is 0 Å². The molecule has 2 heteroatoms. The van der Waals surface area contributed by atoms with Crippen molar-refractivity contribution < 1.29 is 5.11 Å². The number of rotatable bonds is 12. The minimum absolute atomic E-state index is 0.597. The molecule has 0 saturated carbocycles. The summed E-state index contributed by atoms with van der Waals surface area (Å²) in [5, 5.41) is 18.4. The maximum absolute atomic E-state index is 9.65. The van der Waals surface area contributed by atoms with Gasteiger partial charge in [-0.15, -0.1) is 0 Å². The molecule has 0 unspecified atom stereocenters. The first kappa shape index (κ1) is 20.5. The van der Waals surface area contributed by atoms with Gasteiger partial charge >= 0.3 is 0 Å². The Labute approximate surface area is 132 Å². The summed E-state index contributed by atoms with van der Waals surface area (Å²) in [4.78, 5) is 0. The van der Waals surface area contributed by atoms with Crippen molar-refractivity contribution in [1.82, 2.24) is 0 Å². The molecule has 0 radical (unpaired) electrons. The van der Waals surface area contributed by atoms with Crippen molar-refractivity contribution in [2.45, 2.75) is 98.0 Å². The van der Waals surface area contributed by atoms with E-state index in [4.69, 9.17) is 5.26 Å². The molecule has 124 valence electrons. The summed E-state index contributed by atoms with van der Waals surface area (Å²) >= 11 is 0. The zero-order valence-corrected chi connectivity index (χ0v) is 15.0. The highest BCUT2D eigenvalue weighted by atomic mass is 16.3. The second kappa shape index (κ2) is 11.1. The third-order valence-corrected chi connectivity index (χ3v) is 4.47. The normalized spacial score (nSPS) is 17.2. The van der Waals surface area contributed by atoms with Crippen molar-refractivity contribution >= 4 is 0 Å². The summed E-state index contributed by atoms with van der Waals surface area (Å²) < 4.78 is 0. The molecule has 0 bridgehead atoms. The summed E-state index contributed by atoms with van der Waals surface area (Å²) in [5.74, 6) is 2.40. The van der Waals surface area contributed by atoms with Gasteiger partial charge in [-0.2, -0.15) is 5.26 Å². The number of nitrogens with zero attached hydrogens (tertiary/aromatic N) is 1. The smallest absolute Gasteiger partial charge is 0.148 e. The predicted octanol–water partition coefficient (Wildman–Crippen LogP) is 5.70. The molecule has 0 saturated heterocycles. The molecular formula is C19H37NO. The van der Waals surface area contributed by atoms with E-state index in [9.17, 15) is 5.11 Å². The van der Waals surface area contributed by atoms with Crippen molar-refractivity contribution in [3.8, 4) is 6.07 Å². The van der Waals surface area contributed by atoms with Crippen molar-refractivity contribution in [2.75, 3.05) is 0 Å². The Bertz CT molecular complexity index is 290.